The largest absolute Gasteiger partial charge is 0.478 e. The molecule has 1 saturated carbocycles. The normalized spacial score (nSPS) is 14.8. The van der Waals surface area contributed by atoms with E-state index in [2.05, 4.69) is 5.32 Å². The van der Waals surface area contributed by atoms with Crippen molar-refractivity contribution in [1.29, 1.82) is 0 Å². The van der Waals surface area contributed by atoms with E-state index < -0.39 is 5.97 Å². The number of halogens is 2. The van der Waals surface area contributed by atoms with Crippen LogP contribution in [0, 0.1) is 5.92 Å². The summed E-state index contributed by atoms with van der Waals surface area (Å²) in [4.78, 5) is 23.0. The molecule has 19 heavy (non-hydrogen) atoms. The average Bonchev–Trinajstić information content (AvgIpc) is 2.26. The van der Waals surface area contributed by atoms with Crippen LogP contribution in [0.4, 0.5) is 5.69 Å². The van der Waals surface area contributed by atoms with E-state index in [0.717, 1.165) is 19.3 Å². The van der Waals surface area contributed by atoms with Crippen LogP contribution in [0.1, 0.15) is 36.0 Å². The average molecular weight is 302 g/mol. The van der Waals surface area contributed by atoms with Crippen molar-refractivity contribution in [2.45, 2.75) is 25.7 Å². The van der Waals surface area contributed by atoms with Crippen LogP contribution < -0.4 is 5.32 Å². The third-order valence-electron chi connectivity index (χ3n) is 3.25. The maximum Gasteiger partial charge on any atom is 0.337 e. The van der Waals surface area contributed by atoms with Gasteiger partial charge in [-0.1, -0.05) is 29.6 Å². The Labute approximate surface area is 120 Å². The zero-order valence-corrected chi connectivity index (χ0v) is 11.6. The lowest BCUT2D eigenvalue weighted by Gasteiger charge is -2.24. The topological polar surface area (TPSA) is 66.4 Å². The van der Waals surface area contributed by atoms with Gasteiger partial charge in [-0.3, -0.25) is 4.79 Å². The Morgan fingerprint density at radius 1 is 1.32 bits per heavy atom. The van der Waals surface area contributed by atoms with Gasteiger partial charge < -0.3 is 10.4 Å². The maximum atomic E-state index is 11.8. The minimum atomic E-state index is -1.18. The van der Waals surface area contributed by atoms with Gasteiger partial charge >= 0.3 is 5.97 Å². The minimum Gasteiger partial charge on any atom is -0.478 e. The van der Waals surface area contributed by atoms with Gasteiger partial charge in [0.05, 0.1) is 16.3 Å². The molecular weight excluding hydrogens is 289 g/mol. The molecule has 0 spiro atoms. The predicted molar refractivity (Wildman–Crippen MR) is 74.0 cm³/mol. The van der Waals surface area contributed by atoms with E-state index >= 15 is 0 Å². The number of nitrogens with one attached hydrogen (secondary N) is 1. The van der Waals surface area contributed by atoms with E-state index in [1.807, 2.05) is 0 Å². The molecule has 1 fully saturated rings. The molecule has 0 radical (unpaired) electrons. The molecule has 1 aliphatic rings. The molecule has 1 aromatic carbocycles. The van der Waals surface area contributed by atoms with Gasteiger partial charge in [0.15, 0.2) is 0 Å². The summed E-state index contributed by atoms with van der Waals surface area (Å²) in [6.45, 7) is 0. The molecule has 1 aliphatic carbocycles. The maximum absolute atomic E-state index is 11.8. The lowest BCUT2D eigenvalue weighted by Crippen LogP contribution is -2.22. The Morgan fingerprint density at radius 2 is 2.00 bits per heavy atom. The monoisotopic (exact) mass is 301 g/mol. The molecular formula is C13H13Cl2NO3. The number of rotatable bonds is 4. The fraction of sp³-hybridized carbons (Fsp3) is 0.385. The summed E-state index contributed by atoms with van der Waals surface area (Å²) in [7, 11) is 0. The van der Waals surface area contributed by atoms with Gasteiger partial charge in [0.2, 0.25) is 5.91 Å². The van der Waals surface area contributed by atoms with E-state index in [0.29, 0.717) is 12.3 Å². The highest BCUT2D eigenvalue weighted by molar-refractivity contribution is 6.37. The lowest BCUT2D eigenvalue weighted by atomic mass is 9.83. The number of benzene rings is 1. The van der Waals surface area contributed by atoms with Crippen molar-refractivity contribution in [2.24, 2.45) is 5.92 Å². The number of aromatic carboxylic acids is 1. The van der Waals surface area contributed by atoms with Gasteiger partial charge in [0, 0.05) is 11.4 Å². The predicted octanol–water partition coefficient (Wildman–Crippen LogP) is 3.82. The van der Waals surface area contributed by atoms with Crippen LogP contribution in [0.25, 0.3) is 0 Å². The molecule has 0 bridgehead atoms. The van der Waals surface area contributed by atoms with Crippen molar-refractivity contribution >= 4 is 40.8 Å². The number of carbonyl (C=O) groups excluding carboxylic acids is 1. The lowest BCUT2D eigenvalue weighted by molar-refractivity contribution is -0.117. The van der Waals surface area contributed by atoms with Gasteiger partial charge in [-0.25, -0.2) is 4.79 Å². The zero-order chi connectivity index (χ0) is 14.0. The zero-order valence-electron chi connectivity index (χ0n) is 10.1. The van der Waals surface area contributed by atoms with Crippen molar-refractivity contribution in [1.82, 2.24) is 0 Å². The van der Waals surface area contributed by atoms with Gasteiger partial charge in [-0.15, -0.1) is 0 Å². The SMILES string of the molecule is O=C(CC1CCC1)Nc1c(Cl)cc(Cl)cc1C(=O)O. The molecule has 1 aromatic rings. The van der Waals surface area contributed by atoms with Crippen LogP contribution in [-0.4, -0.2) is 17.0 Å². The second kappa shape index (κ2) is 5.80. The summed E-state index contributed by atoms with van der Waals surface area (Å²) in [5.74, 6) is -0.987. The summed E-state index contributed by atoms with van der Waals surface area (Å²) >= 11 is 11.7. The van der Waals surface area contributed by atoms with E-state index in [1.54, 1.807) is 0 Å². The van der Waals surface area contributed by atoms with Crippen LogP contribution in [0.2, 0.25) is 10.0 Å². The number of carboxylic acids is 1. The summed E-state index contributed by atoms with van der Waals surface area (Å²) < 4.78 is 0. The number of amides is 1. The van der Waals surface area contributed by atoms with E-state index in [9.17, 15) is 9.59 Å². The van der Waals surface area contributed by atoms with Crippen molar-refractivity contribution in [3.8, 4) is 0 Å². The van der Waals surface area contributed by atoms with Gasteiger partial charge in [0.25, 0.3) is 0 Å². The molecule has 0 atom stereocenters. The van der Waals surface area contributed by atoms with Crippen molar-refractivity contribution in [2.75, 3.05) is 5.32 Å². The summed E-state index contributed by atoms with van der Waals surface area (Å²) in [6.07, 6.45) is 3.65. The number of hydrogen-bond acceptors (Lipinski definition) is 2. The molecule has 0 unspecified atom stereocenters. The Balaban J connectivity index is 2.18. The molecule has 6 heteroatoms. The standard InChI is InChI=1S/C13H13Cl2NO3/c14-8-5-9(13(18)19)12(10(15)6-8)16-11(17)4-7-2-1-3-7/h5-7H,1-4H2,(H,16,17)(H,18,19). The second-order valence-corrected chi connectivity index (χ2v) is 5.51. The summed E-state index contributed by atoms with van der Waals surface area (Å²) in [6, 6.07) is 2.68. The highest BCUT2D eigenvalue weighted by Crippen LogP contribution is 2.32. The number of anilines is 1. The van der Waals surface area contributed by atoms with Crippen molar-refractivity contribution in [3.05, 3.63) is 27.7 Å². The van der Waals surface area contributed by atoms with Gasteiger partial charge in [-0.05, 0) is 30.9 Å². The first-order chi connectivity index (χ1) is 8.97. The van der Waals surface area contributed by atoms with E-state index in [-0.39, 0.29) is 27.2 Å². The molecule has 0 aliphatic heterocycles. The van der Waals surface area contributed by atoms with E-state index in [4.69, 9.17) is 28.3 Å². The fourth-order valence-electron chi connectivity index (χ4n) is 2.02. The van der Waals surface area contributed by atoms with Gasteiger partial charge in [0.1, 0.15) is 0 Å². The molecule has 4 nitrogen and oxygen atoms in total. The van der Waals surface area contributed by atoms with Crippen molar-refractivity contribution in [3.63, 3.8) is 0 Å². The third kappa shape index (κ3) is 3.39. The third-order valence-corrected chi connectivity index (χ3v) is 3.76. The highest BCUT2D eigenvalue weighted by Gasteiger charge is 2.22. The van der Waals surface area contributed by atoms with Crippen LogP contribution in [0.5, 0.6) is 0 Å². The first-order valence-electron chi connectivity index (χ1n) is 5.99. The number of hydrogen-bond donors (Lipinski definition) is 2. The van der Waals surface area contributed by atoms with Crippen molar-refractivity contribution < 1.29 is 14.7 Å². The first kappa shape index (κ1) is 14.2. The molecule has 102 valence electrons. The molecule has 0 heterocycles. The Morgan fingerprint density at radius 3 is 2.53 bits per heavy atom. The second-order valence-electron chi connectivity index (χ2n) is 4.66. The summed E-state index contributed by atoms with van der Waals surface area (Å²) in [5, 5.41) is 12.0. The Kier molecular flexibility index (Phi) is 4.32. The molecule has 0 saturated heterocycles. The quantitative estimate of drug-likeness (QED) is 0.888. The van der Waals surface area contributed by atoms with Crippen LogP contribution in [0.15, 0.2) is 12.1 Å². The number of carbonyl (C=O) groups is 2. The van der Waals surface area contributed by atoms with Crippen LogP contribution in [0.3, 0.4) is 0 Å². The molecule has 2 rings (SSSR count). The van der Waals surface area contributed by atoms with E-state index in [1.165, 1.54) is 12.1 Å². The van der Waals surface area contributed by atoms with Gasteiger partial charge in [-0.2, -0.15) is 0 Å². The molecule has 2 N–H and O–H groups in total. The first-order valence-corrected chi connectivity index (χ1v) is 6.75. The fourth-order valence-corrected chi connectivity index (χ4v) is 2.56. The number of carboxylic acid groups (broad SMARTS) is 1. The summed E-state index contributed by atoms with van der Waals surface area (Å²) in [5.41, 5.74) is 0.0161. The minimum absolute atomic E-state index is 0.0977. The smallest absolute Gasteiger partial charge is 0.337 e. The Bertz CT molecular complexity index is 527. The van der Waals surface area contributed by atoms with Crippen LogP contribution in [-0.2, 0) is 4.79 Å². The highest BCUT2D eigenvalue weighted by atomic mass is 35.5. The Hall–Kier alpha value is -1.26. The van der Waals surface area contributed by atoms with Crippen LogP contribution >= 0.6 is 23.2 Å². The molecule has 1 amide bonds. The molecule has 0 aromatic heterocycles.